The van der Waals surface area contributed by atoms with Crippen LogP contribution in [0.1, 0.15) is 48.0 Å². The number of amides is 1. The molecule has 224 valence electrons. The van der Waals surface area contributed by atoms with Crippen molar-refractivity contribution in [2.45, 2.75) is 50.2 Å². The molecule has 0 bridgehead atoms. The normalized spacial score (nSPS) is 18.2. The maximum Gasteiger partial charge on any atom is 0.217 e. The lowest BCUT2D eigenvalue weighted by Gasteiger charge is -2.36. The second-order valence-electron chi connectivity index (χ2n) is 10.6. The predicted octanol–water partition coefficient (Wildman–Crippen LogP) is 5.80. The van der Waals surface area contributed by atoms with Crippen LogP contribution in [0.4, 0.5) is 0 Å². The summed E-state index contributed by atoms with van der Waals surface area (Å²) in [5.41, 5.74) is 6.87. The highest BCUT2D eigenvalue weighted by atomic mass is 32.2. The van der Waals surface area contributed by atoms with Crippen LogP contribution in [-0.4, -0.2) is 43.1 Å². The van der Waals surface area contributed by atoms with Crippen molar-refractivity contribution >= 4 is 17.7 Å². The minimum Gasteiger partial charge on any atom is -0.392 e. The molecule has 10 heteroatoms. The number of hydrogen-bond donors (Lipinski definition) is 2. The number of tetrazole rings is 1. The van der Waals surface area contributed by atoms with Crippen molar-refractivity contribution in [1.82, 2.24) is 25.5 Å². The number of nitrogens with one attached hydrogen (secondary N) is 1. The van der Waals surface area contributed by atoms with Crippen LogP contribution in [0.3, 0.4) is 0 Å². The van der Waals surface area contributed by atoms with Crippen molar-refractivity contribution in [3.63, 3.8) is 0 Å². The van der Waals surface area contributed by atoms with E-state index in [1.165, 1.54) is 6.92 Å². The SMILES string of the molecule is CC(=O)NCc1cccc(-c2ccc(C3OC(CSc4nnnn4-c4ccccc4)CC(c4ccc(CO)cc4)O3)cc2)c1. The third-order valence-corrected chi connectivity index (χ3v) is 8.49. The summed E-state index contributed by atoms with van der Waals surface area (Å²) in [6.07, 6.45) is -0.231. The summed E-state index contributed by atoms with van der Waals surface area (Å²) in [6.45, 7) is 2.00. The van der Waals surface area contributed by atoms with Crippen molar-refractivity contribution < 1.29 is 19.4 Å². The van der Waals surface area contributed by atoms with Gasteiger partial charge in [0.15, 0.2) is 6.29 Å². The number of rotatable bonds is 10. The predicted molar refractivity (Wildman–Crippen MR) is 168 cm³/mol. The van der Waals surface area contributed by atoms with Gasteiger partial charge in [-0.25, -0.2) is 0 Å². The Hall–Kier alpha value is -4.35. The third kappa shape index (κ3) is 7.23. The molecule has 1 amide bonds. The summed E-state index contributed by atoms with van der Waals surface area (Å²) < 4.78 is 14.8. The van der Waals surface area contributed by atoms with Crippen LogP contribution in [0.15, 0.2) is 108 Å². The smallest absolute Gasteiger partial charge is 0.217 e. The molecule has 3 atom stereocenters. The summed E-state index contributed by atoms with van der Waals surface area (Å²) in [4.78, 5) is 11.3. The molecule has 0 spiro atoms. The molecular formula is C34H33N5O4S. The van der Waals surface area contributed by atoms with Gasteiger partial charge in [0, 0.05) is 31.2 Å². The van der Waals surface area contributed by atoms with Gasteiger partial charge in [-0.15, -0.1) is 5.10 Å². The Bertz CT molecular complexity index is 1680. The Kier molecular flexibility index (Phi) is 9.43. The molecule has 2 N–H and O–H groups in total. The number of ether oxygens (including phenoxy) is 2. The molecule has 1 fully saturated rings. The van der Waals surface area contributed by atoms with E-state index in [-0.39, 0.29) is 24.7 Å². The molecule has 1 aliphatic heterocycles. The molecule has 6 rings (SSSR count). The maximum absolute atomic E-state index is 11.3. The van der Waals surface area contributed by atoms with Crippen molar-refractivity contribution in [3.8, 4) is 16.8 Å². The van der Waals surface area contributed by atoms with Gasteiger partial charge in [-0.2, -0.15) is 4.68 Å². The molecule has 44 heavy (non-hydrogen) atoms. The van der Waals surface area contributed by atoms with Crippen LogP contribution in [0, 0.1) is 0 Å². The molecule has 3 unspecified atom stereocenters. The fourth-order valence-corrected chi connectivity index (χ4v) is 6.02. The van der Waals surface area contributed by atoms with Crippen molar-refractivity contribution in [2.75, 3.05) is 5.75 Å². The zero-order chi connectivity index (χ0) is 30.3. The third-order valence-electron chi connectivity index (χ3n) is 7.44. The Labute approximate surface area is 260 Å². The van der Waals surface area contributed by atoms with Gasteiger partial charge in [-0.05, 0) is 56.4 Å². The summed E-state index contributed by atoms with van der Waals surface area (Å²) in [5, 5.41) is 25.4. The maximum atomic E-state index is 11.3. The highest BCUT2D eigenvalue weighted by Gasteiger charge is 2.32. The van der Waals surface area contributed by atoms with E-state index in [1.54, 1.807) is 16.4 Å². The van der Waals surface area contributed by atoms with Gasteiger partial charge in [-0.3, -0.25) is 4.79 Å². The zero-order valence-electron chi connectivity index (χ0n) is 24.2. The monoisotopic (exact) mass is 607 g/mol. The molecule has 5 aromatic rings. The second kappa shape index (κ2) is 14.0. The van der Waals surface area contributed by atoms with Crippen molar-refractivity contribution in [1.29, 1.82) is 0 Å². The standard InChI is InChI=1S/C34H33N5O4S/c1-23(41)35-20-25-6-5-7-29(18-25)26-14-16-28(17-15-26)33-42-31(19-32(43-33)27-12-10-24(21-40)11-13-27)22-44-34-36-37-38-39(34)30-8-3-2-4-9-30/h2-18,31-33,40H,19-22H2,1H3,(H,35,41). The van der Waals surface area contributed by atoms with Crippen LogP contribution in [0.25, 0.3) is 16.8 Å². The molecule has 0 saturated carbocycles. The summed E-state index contributed by atoms with van der Waals surface area (Å²) >= 11 is 1.55. The van der Waals surface area contributed by atoms with E-state index in [9.17, 15) is 9.90 Å². The molecule has 1 aliphatic rings. The number of carbonyl (C=O) groups is 1. The van der Waals surface area contributed by atoms with Gasteiger partial charge in [0.25, 0.3) is 0 Å². The summed E-state index contributed by atoms with van der Waals surface area (Å²) in [7, 11) is 0. The van der Waals surface area contributed by atoms with E-state index in [2.05, 4.69) is 45.1 Å². The van der Waals surface area contributed by atoms with Crippen LogP contribution in [-0.2, 0) is 27.4 Å². The lowest BCUT2D eigenvalue weighted by molar-refractivity contribution is -0.245. The zero-order valence-corrected chi connectivity index (χ0v) is 25.1. The highest BCUT2D eigenvalue weighted by molar-refractivity contribution is 7.99. The average molecular weight is 608 g/mol. The van der Waals surface area contributed by atoms with E-state index in [4.69, 9.17) is 9.47 Å². The van der Waals surface area contributed by atoms with Gasteiger partial charge in [0.1, 0.15) is 0 Å². The van der Waals surface area contributed by atoms with Crippen LogP contribution < -0.4 is 5.32 Å². The number of benzene rings is 4. The first-order valence-corrected chi connectivity index (χ1v) is 15.4. The Morgan fingerprint density at radius 1 is 0.909 bits per heavy atom. The number of para-hydroxylation sites is 1. The van der Waals surface area contributed by atoms with Gasteiger partial charge in [0.2, 0.25) is 11.1 Å². The van der Waals surface area contributed by atoms with Crippen LogP contribution in [0.5, 0.6) is 0 Å². The number of carbonyl (C=O) groups excluding carboxylic acids is 1. The summed E-state index contributed by atoms with van der Waals surface area (Å²) in [5.74, 6) is 0.582. The fraction of sp³-hybridized carbons (Fsp3) is 0.235. The molecule has 1 saturated heterocycles. The quantitative estimate of drug-likeness (QED) is 0.192. The lowest BCUT2D eigenvalue weighted by Crippen LogP contribution is -2.31. The lowest BCUT2D eigenvalue weighted by atomic mass is 9.99. The minimum absolute atomic E-state index is 0.00453. The number of aliphatic hydroxyl groups is 1. The van der Waals surface area contributed by atoms with E-state index < -0.39 is 6.29 Å². The molecule has 2 heterocycles. The van der Waals surface area contributed by atoms with E-state index in [1.807, 2.05) is 78.9 Å². The average Bonchev–Trinajstić information content (AvgIpc) is 3.56. The van der Waals surface area contributed by atoms with E-state index >= 15 is 0 Å². The van der Waals surface area contributed by atoms with Gasteiger partial charge in [-0.1, -0.05) is 96.7 Å². The molecular weight excluding hydrogens is 574 g/mol. The van der Waals surface area contributed by atoms with Gasteiger partial charge >= 0.3 is 0 Å². The minimum atomic E-state index is -0.567. The largest absolute Gasteiger partial charge is 0.392 e. The Morgan fingerprint density at radius 3 is 2.43 bits per heavy atom. The number of nitrogens with zero attached hydrogens (tertiary/aromatic N) is 4. The fourth-order valence-electron chi connectivity index (χ4n) is 5.11. The molecule has 1 aromatic heterocycles. The number of aliphatic hydroxyl groups excluding tert-OH is 1. The topological polar surface area (TPSA) is 111 Å². The number of hydrogen-bond acceptors (Lipinski definition) is 8. The Morgan fingerprint density at radius 2 is 1.68 bits per heavy atom. The first-order valence-electron chi connectivity index (χ1n) is 14.5. The van der Waals surface area contributed by atoms with Crippen LogP contribution >= 0.6 is 11.8 Å². The first-order chi connectivity index (χ1) is 21.6. The molecule has 9 nitrogen and oxygen atoms in total. The second-order valence-corrected chi connectivity index (χ2v) is 11.6. The Balaban J connectivity index is 1.20. The molecule has 0 aliphatic carbocycles. The van der Waals surface area contributed by atoms with Gasteiger partial charge in [0.05, 0.1) is 24.5 Å². The number of thioether (sulfide) groups is 1. The summed E-state index contributed by atoms with van der Waals surface area (Å²) in [6, 6.07) is 34.0. The van der Waals surface area contributed by atoms with Gasteiger partial charge < -0.3 is 19.9 Å². The molecule has 4 aromatic carbocycles. The first kappa shape index (κ1) is 29.7. The highest BCUT2D eigenvalue weighted by Crippen LogP contribution is 2.40. The van der Waals surface area contributed by atoms with Crippen LogP contribution in [0.2, 0.25) is 0 Å². The van der Waals surface area contributed by atoms with E-state index in [0.717, 1.165) is 39.1 Å². The van der Waals surface area contributed by atoms with Crippen molar-refractivity contribution in [3.05, 3.63) is 125 Å². The van der Waals surface area contributed by atoms with E-state index in [0.29, 0.717) is 23.9 Å². The molecule has 0 radical (unpaired) electrons. The number of aromatic nitrogens is 4. The van der Waals surface area contributed by atoms with Crippen molar-refractivity contribution in [2.24, 2.45) is 0 Å².